The number of rotatable bonds is 3. The molecule has 1 saturated carbocycles. The van der Waals surface area contributed by atoms with Crippen molar-refractivity contribution in [3.8, 4) is 0 Å². The lowest BCUT2D eigenvalue weighted by Crippen LogP contribution is -2.30. The number of halogens is 1. The highest BCUT2D eigenvalue weighted by Gasteiger charge is 2.10. The molecule has 12 heavy (non-hydrogen) atoms. The Morgan fingerprint density at radius 3 is 2.67 bits per heavy atom. The molecule has 1 rings (SSSR count). The molecule has 0 saturated heterocycles. The Morgan fingerprint density at radius 2 is 2.08 bits per heavy atom. The van der Waals surface area contributed by atoms with Crippen molar-refractivity contribution < 1.29 is 0 Å². The number of allylic oxidation sites excluding steroid dienone is 1. The summed E-state index contributed by atoms with van der Waals surface area (Å²) in [4.78, 5) is 0. The summed E-state index contributed by atoms with van der Waals surface area (Å²) in [5.41, 5.74) is 0. The lowest BCUT2D eigenvalue weighted by molar-refractivity contribution is 0.385. The summed E-state index contributed by atoms with van der Waals surface area (Å²) in [6, 6.07) is 0.742. The zero-order chi connectivity index (χ0) is 8.81. The summed E-state index contributed by atoms with van der Waals surface area (Å²) in [5, 5.41) is 4.38. The fourth-order valence-corrected chi connectivity index (χ4v) is 1.75. The molecule has 0 amide bonds. The van der Waals surface area contributed by atoms with Crippen LogP contribution in [0.5, 0.6) is 0 Å². The Kier molecular flexibility index (Phi) is 4.70. The van der Waals surface area contributed by atoms with Crippen molar-refractivity contribution in [1.29, 1.82) is 0 Å². The first kappa shape index (κ1) is 10.1. The van der Waals surface area contributed by atoms with Gasteiger partial charge in [0.25, 0.3) is 0 Å². The smallest absolute Gasteiger partial charge is 0.0151 e. The van der Waals surface area contributed by atoms with Crippen LogP contribution in [0.4, 0.5) is 0 Å². The second-order valence-electron chi connectivity index (χ2n) is 3.53. The van der Waals surface area contributed by atoms with E-state index in [1.807, 2.05) is 13.0 Å². The molecular weight excluding hydrogens is 170 g/mol. The van der Waals surface area contributed by atoms with Crippen molar-refractivity contribution in [2.24, 2.45) is 0 Å². The standard InChI is InChI=1S/C10H18ClN/c1-9(11)7-8-12-10-5-3-2-4-6-10/h7,10,12H,2-6,8H2,1H3. The minimum atomic E-state index is 0.742. The summed E-state index contributed by atoms with van der Waals surface area (Å²) < 4.78 is 0. The first-order chi connectivity index (χ1) is 5.79. The average Bonchev–Trinajstić information content (AvgIpc) is 2.05. The van der Waals surface area contributed by atoms with E-state index in [2.05, 4.69) is 5.32 Å². The van der Waals surface area contributed by atoms with Gasteiger partial charge in [0.1, 0.15) is 0 Å². The molecule has 0 aromatic rings. The first-order valence-electron chi connectivity index (χ1n) is 4.84. The van der Waals surface area contributed by atoms with Gasteiger partial charge < -0.3 is 5.32 Å². The van der Waals surface area contributed by atoms with Gasteiger partial charge in [-0.05, 0) is 19.8 Å². The number of nitrogens with one attached hydrogen (secondary N) is 1. The summed E-state index contributed by atoms with van der Waals surface area (Å²) in [6.07, 6.45) is 8.92. The minimum absolute atomic E-state index is 0.742. The molecule has 0 aliphatic heterocycles. The predicted molar refractivity (Wildman–Crippen MR) is 54.5 cm³/mol. The molecule has 2 heteroatoms. The minimum Gasteiger partial charge on any atom is -0.310 e. The van der Waals surface area contributed by atoms with E-state index in [1.54, 1.807) is 0 Å². The molecule has 1 nitrogen and oxygen atoms in total. The van der Waals surface area contributed by atoms with Crippen LogP contribution in [0.1, 0.15) is 39.0 Å². The zero-order valence-corrected chi connectivity index (χ0v) is 8.53. The van der Waals surface area contributed by atoms with Crippen LogP contribution < -0.4 is 5.32 Å². The maximum Gasteiger partial charge on any atom is 0.0151 e. The molecule has 1 aliphatic rings. The van der Waals surface area contributed by atoms with Gasteiger partial charge in [-0.3, -0.25) is 0 Å². The monoisotopic (exact) mass is 187 g/mol. The van der Waals surface area contributed by atoms with Crippen molar-refractivity contribution in [3.63, 3.8) is 0 Å². The molecule has 0 aromatic carbocycles. The van der Waals surface area contributed by atoms with E-state index in [-0.39, 0.29) is 0 Å². The van der Waals surface area contributed by atoms with Crippen LogP contribution in [0.15, 0.2) is 11.1 Å². The van der Waals surface area contributed by atoms with Crippen LogP contribution in [-0.2, 0) is 0 Å². The molecule has 0 radical (unpaired) electrons. The molecule has 1 aliphatic carbocycles. The third-order valence-electron chi connectivity index (χ3n) is 2.40. The van der Waals surface area contributed by atoms with E-state index in [9.17, 15) is 0 Å². The van der Waals surface area contributed by atoms with Crippen molar-refractivity contribution in [3.05, 3.63) is 11.1 Å². The van der Waals surface area contributed by atoms with E-state index in [4.69, 9.17) is 11.6 Å². The second-order valence-corrected chi connectivity index (χ2v) is 4.13. The third kappa shape index (κ3) is 4.13. The fraction of sp³-hybridized carbons (Fsp3) is 0.800. The van der Waals surface area contributed by atoms with Gasteiger partial charge in [-0.1, -0.05) is 36.9 Å². The van der Waals surface area contributed by atoms with Crippen LogP contribution in [0.3, 0.4) is 0 Å². The molecule has 1 N–H and O–H groups in total. The molecule has 0 heterocycles. The van der Waals surface area contributed by atoms with Gasteiger partial charge in [-0.15, -0.1) is 0 Å². The largest absolute Gasteiger partial charge is 0.310 e. The maximum absolute atomic E-state index is 5.72. The van der Waals surface area contributed by atoms with Gasteiger partial charge in [0, 0.05) is 17.6 Å². The lowest BCUT2D eigenvalue weighted by Gasteiger charge is -2.22. The number of hydrogen-bond acceptors (Lipinski definition) is 1. The van der Waals surface area contributed by atoms with E-state index in [1.165, 1.54) is 32.1 Å². The molecule has 70 valence electrons. The van der Waals surface area contributed by atoms with Gasteiger partial charge in [-0.25, -0.2) is 0 Å². The van der Waals surface area contributed by atoms with Gasteiger partial charge in [0.2, 0.25) is 0 Å². The first-order valence-corrected chi connectivity index (χ1v) is 5.22. The third-order valence-corrected chi connectivity index (χ3v) is 2.55. The predicted octanol–water partition coefficient (Wildman–Crippen LogP) is 3.05. The van der Waals surface area contributed by atoms with Crippen molar-refractivity contribution >= 4 is 11.6 Å². The molecule has 0 bridgehead atoms. The van der Waals surface area contributed by atoms with E-state index >= 15 is 0 Å². The zero-order valence-electron chi connectivity index (χ0n) is 7.78. The van der Waals surface area contributed by atoms with Gasteiger partial charge in [0.15, 0.2) is 0 Å². The van der Waals surface area contributed by atoms with Crippen LogP contribution in [0.2, 0.25) is 0 Å². The van der Waals surface area contributed by atoms with E-state index < -0.39 is 0 Å². The fourth-order valence-electron chi connectivity index (χ4n) is 1.67. The molecule has 1 fully saturated rings. The Hall–Kier alpha value is -0.0100. The number of hydrogen-bond donors (Lipinski definition) is 1. The Balaban J connectivity index is 2.09. The summed E-state index contributed by atoms with van der Waals surface area (Å²) in [6.45, 7) is 2.85. The average molecular weight is 188 g/mol. The molecule has 0 unspecified atom stereocenters. The Morgan fingerprint density at radius 1 is 1.42 bits per heavy atom. The van der Waals surface area contributed by atoms with Gasteiger partial charge >= 0.3 is 0 Å². The van der Waals surface area contributed by atoms with Gasteiger partial charge in [0.05, 0.1) is 0 Å². The summed E-state index contributed by atoms with van der Waals surface area (Å²) >= 11 is 5.72. The summed E-state index contributed by atoms with van der Waals surface area (Å²) in [7, 11) is 0. The van der Waals surface area contributed by atoms with E-state index in [0.29, 0.717) is 0 Å². The Bertz CT molecular complexity index is 144. The lowest BCUT2D eigenvalue weighted by atomic mass is 9.95. The van der Waals surface area contributed by atoms with Crippen molar-refractivity contribution in [2.75, 3.05) is 6.54 Å². The normalized spacial score (nSPS) is 21.3. The summed E-state index contributed by atoms with van der Waals surface area (Å²) in [5.74, 6) is 0. The maximum atomic E-state index is 5.72. The SMILES string of the molecule is CC(Cl)=CCNC1CCCCC1. The quantitative estimate of drug-likeness (QED) is 0.716. The van der Waals surface area contributed by atoms with Gasteiger partial charge in [-0.2, -0.15) is 0 Å². The van der Waals surface area contributed by atoms with Crippen LogP contribution in [-0.4, -0.2) is 12.6 Å². The highest BCUT2D eigenvalue weighted by molar-refractivity contribution is 6.29. The highest BCUT2D eigenvalue weighted by Crippen LogP contribution is 2.17. The van der Waals surface area contributed by atoms with Crippen LogP contribution >= 0.6 is 11.6 Å². The molecular formula is C10H18ClN. The molecule has 0 spiro atoms. The van der Waals surface area contributed by atoms with Crippen molar-refractivity contribution in [1.82, 2.24) is 5.32 Å². The van der Waals surface area contributed by atoms with Crippen LogP contribution in [0, 0.1) is 0 Å². The second kappa shape index (κ2) is 5.60. The topological polar surface area (TPSA) is 12.0 Å². The molecule has 0 aromatic heterocycles. The van der Waals surface area contributed by atoms with Crippen molar-refractivity contribution in [2.45, 2.75) is 45.1 Å². The molecule has 0 atom stereocenters. The van der Waals surface area contributed by atoms with E-state index in [0.717, 1.165) is 17.6 Å². The Labute approximate surface area is 80.2 Å². The van der Waals surface area contributed by atoms with Crippen LogP contribution in [0.25, 0.3) is 0 Å². The highest BCUT2D eigenvalue weighted by atomic mass is 35.5.